The Morgan fingerprint density at radius 3 is 2.79 bits per heavy atom. The molecule has 0 bridgehead atoms. The second-order valence-corrected chi connectivity index (χ2v) is 8.91. The van der Waals surface area contributed by atoms with Gasteiger partial charge in [0.15, 0.2) is 0 Å². The lowest BCUT2D eigenvalue weighted by atomic mass is 10.2. The van der Waals surface area contributed by atoms with Crippen molar-refractivity contribution in [3.8, 4) is 16.3 Å². The summed E-state index contributed by atoms with van der Waals surface area (Å²) in [6, 6.07) is 7.57. The van der Waals surface area contributed by atoms with Crippen LogP contribution in [0.2, 0.25) is 0 Å². The number of hydrogen-bond acceptors (Lipinski definition) is 8. The zero-order valence-corrected chi connectivity index (χ0v) is 17.1. The van der Waals surface area contributed by atoms with Gasteiger partial charge in [0, 0.05) is 23.7 Å². The molecule has 8 nitrogen and oxygen atoms in total. The van der Waals surface area contributed by atoms with Gasteiger partial charge < -0.3 is 14.4 Å². The van der Waals surface area contributed by atoms with E-state index in [2.05, 4.69) is 9.38 Å². The van der Waals surface area contributed by atoms with Gasteiger partial charge in [0.05, 0.1) is 24.1 Å². The Bertz CT molecular complexity index is 1130. The van der Waals surface area contributed by atoms with Gasteiger partial charge in [-0.2, -0.15) is 0 Å². The van der Waals surface area contributed by atoms with Crippen LogP contribution in [0.3, 0.4) is 0 Å². The van der Waals surface area contributed by atoms with Gasteiger partial charge in [-0.1, -0.05) is 0 Å². The molecule has 4 rings (SSSR count). The molecule has 1 aromatic heterocycles. The Labute approximate surface area is 171 Å². The minimum atomic E-state index is -3.43. The van der Waals surface area contributed by atoms with Crippen LogP contribution in [0.25, 0.3) is 10.6 Å². The predicted molar refractivity (Wildman–Crippen MR) is 109 cm³/mol. The van der Waals surface area contributed by atoms with E-state index in [1.54, 1.807) is 18.2 Å². The molecule has 0 fully saturated rings. The Balaban J connectivity index is 1.39. The Morgan fingerprint density at radius 1 is 1.24 bits per heavy atom. The van der Waals surface area contributed by atoms with Crippen LogP contribution >= 0.6 is 11.3 Å². The molecule has 0 amide bonds. The highest BCUT2D eigenvalue weighted by Gasteiger charge is 2.25. The molecule has 2 aliphatic heterocycles. The number of carbonyl (C=O) groups excluding carboxylic acids is 1. The SMILES string of the molecule is COc1ccc(-c2nc(COC(=O)C3=CN4CCS(=O)(=O)N=C4C=C3)cs2)cc1. The predicted octanol–water partition coefficient (Wildman–Crippen LogP) is 2.36. The zero-order valence-electron chi connectivity index (χ0n) is 15.4. The van der Waals surface area contributed by atoms with Gasteiger partial charge in [0.2, 0.25) is 0 Å². The fraction of sp³-hybridized carbons (Fsp3) is 0.211. The van der Waals surface area contributed by atoms with Crippen molar-refractivity contribution >= 4 is 33.2 Å². The van der Waals surface area contributed by atoms with E-state index in [1.807, 2.05) is 29.6 Å². The van der Waals surface area contributed by atoms with Crippen LogP contribution in [-0.2, 0) is 26.2 Å². The number of esters is 1. The minimum absolute atomic E-state index is 0.0476. The van der Waals surface area contributed by atoms with Gasteiger partial charge in [-0.25, -0.2) is 18.2 Å². The zero-order chi connectivity index (χ0) is 20.4. The first-order chi connectivity index (χ1) is 13.9. The number of benzene rings is 1. The van der Waals surface area contributed by atoms with Crippen LogP contribution in [0.1, 0.15) is 5.69 Å². The maximum atomic E-state index is 12.4. The number of aromatic nitrogens is 1. The number of nitrogens with zero attached hydrogens (tertiary/aromatic N) is 3. The van der Waals surface area contributed by atoms with Crippen molar-refractivity contribution in [2.24, 2.45) is 4.40 Å². The highest BCUT2D eigenvalue weighted by Crippen LogP contribution is 2.26. The smallest absolute Gasteiger partial charge is 0.340 e. The summed E-state index contributed by atoms with van der Waals surface area (Å²) in [6.45, 7) is 0.297. The summed E-state index contributed by atoms with van der Waals surface area (Å²) >= 11 is 1.47. The van der Waals surface area contributed by atoms with E-state index in [4.69, 9.17) is 9.47 Å². The highest BCUT2D eigenvalue weighted by atomic mass is 32.2. The van der Waals surface area contributed by atoms with Gasteiger partial charge in [0.1, 0.15) is 23.2 Å². The molecule has 0 aliphatic carbocycles. The van der Waals surface area contributed by atoms with Crippen LogP contribution < -0.4 is 4.74 Å². The van der Waals surface area contributed by atoms with Crippen LogP contribution in [0, 0.1) is 0 Å². The van der Waals surface area contributed by atoms with Crippen molar-refractivity contribution in [2.75, 3.05) is 19.4 Å². The summed E-state index contributed by atoms with van der Waals surface area (Å²) in [5.74, 6) is 0.479. The maximum Gasteiger partial charge on any atom is 0.340 e. The second-order valence-electron chi connectivity index (χ2n) is 6.30. The van der Waals surface area contributed by atoms with Crippen molar-refractivity contribution in [2.45, 2.75) is 6.61 Å². The van der Waals surface area contributed by atoms with Crippen LogP contribution in [0.4, 0.5) is 0 Å². The lowest BCUT2D eigenvalue weighted by molar-refractivity contribution is -0.140. The molecular weight excluding hydrogens is 414 g/mol. The van der Waals surface area contributed by atoms with E-state index in [9.17, 15) is 13.2 Å². The molecule has 0 unspecified atom stereocenters. The number of amidine groups is 1. The summed E-state index contributed by atoms with van der Waals surface area (Å²) in [5, 5.41) is 2.67. The average Bonchev–Trinajstić information content (AvgIpc) is 3.20. The first kappa shape index (κ1) is 19.3. The van der Waals surface area contributed by atoms with E-state index < -0.39 is 16.0 Å². The maximum absolute atomic E-state index is 12.4. The molecule has 0 saturated heterocycles. The second kappa shape index (κ2) is 7.80. The molecule has 29 heavy (non-hydrogen) atoms. The molecule has 0 spiro atoms. The van der Waals surface area contributed by atoms with E-state index in [0.29, 0.717) is 17.1 Å². The molecule has 0 saturated carbocycles. The number of ether oxygens (including phenoxy) is 2. The van der Waals surface area contributed by atoms with Gasteiger partial charge in [-0.15, -0.1) is 15.7 Å². The summed E-state index contributed by atoms with van der Waals surface area (Å²) < 4.78 is 37.3. The number of hydrogen-bond donors (Lipinski definition) is 0. The van der Waals surface area contributed by atoms with E-state index >= 15 is 0 Å². The number of rotatable bonds is 5. The summed E-state index contributed by atoms with van der Waals surface area (Å²) in [5.41, 5.74) is 1.94. The van der Waals surface area contributed by atoms with Crippen molar-refractivity contribution in [3.05, 3.63) is 59.3 Å². The van der Waals surface area contributed by atoms with Gasteiger partial charge in [-0.05, 0) is 36.4 Å². The summed E-state index contributed by atoms with van der Waals surface area (Å²) in [4.78, 5) is 18.5. The van der Waals surface area contributed by atoms with Crippen molar-refractivity contribution in [1.82, 2.24) is 9.88 Å². The number of methoxy groups -OCH3 is 1. The van der Waals surface area contributed by atoms with Crippen molar-refractivity contribution < 1.29 is 22.7 Å². The average molecular weight is 431 g/mol. The molecule has 0 atom stereocenters. The molecule has 1 aromatic carbocycles. The van der Waals surface area contributed by atoms with Gasteiger partial charge in [0.25, 0.3) is 10.0 Å². The van der Waals surface area contributed by atoms with E-state index in [1.165, 1.54) is 23.5 Å². The fourth-order valence-corrected chi connectivity index (χ4v) is 4.56. The molecule has 2 aromatic rings. The molecule has 3 heterocycles. The van der Waals surface area contributed by atoms with Gasteiger partial charge in [-0.3, -0.25) is 0 Å². The standard InChI is InChI=1S/C19H17N3O5S2/c1-26-16-5-2-13(3-6-16)18-20-15(12-28-18)11-27-19(23)14-4-7-17-21-29(24,25)9-8-22(17)10-14/h2-7,10,12H,8-9,11H2,1H3. The lowest BCUT2D eigenvalue weighted by Crippen LogP contribution is -2.37. The third-order valence-corrected chi connectivity index (χ3v) is 6.40. The van der Waals surface area contributed by atoms with Gasteiger partial charge >= 0.3 is 5.97 Å². The van der Waals surface area contributed by atoms with Crippen molar-refractivity contribution in [3.63, 3.8) is 0 Å². The third-order valence-electron chi connectivity index (χ3n) is 4.30. The van der Waals surface area contributed by atoms with E-state index in [0.717, 1.165) is 16.3 Å². The molecule has 0 N–H and O–H groups in total. The third kappa shape index (κ3) is 4.38. The largest absolute Gasteiger partial charge is 0.497 e. The van der Waals surface area contributed by atoms with Crippen LogP contribution in [0.15, 0.2) is 58.0 Å². The molecule has 150 valence electrons. The quantitative estimate of drug-likeness (QED) is 0.670. The van der Waals surface area contributed by atoms with E-state index in [-0.39, 0.29) is 18.9 Å². The number of carbonyl (C=O) groups is 1. The topological polar surface area (TPSA) is 98.2 Å². The first-order valence-electron chi connectivity index (χ1n) is 8.69. The summed E-state index contributed by atoms with van der Waals surface area (Å²) in [7, 11) is -1.81. The number of fused-ring (bicyclic) bond motifs is 1. The Hall–Kier alpha value is -2.98. The Kier molecular flexibility index (Phi) is 5.20. The molecule has 10 heteroatoms. The Morgan fingerprint density at radius 2 is 2.03 bits per heavy atom. The highest BCUT2D eigenvalue weighted by molar-refractivity contribution is 7.90. The first-order valence-corrected chi connectivity index (χ1v) is 11.2. The number of sulfonamides is 1. The van der Waals surface area contributed by atoms with Crippen molar-refractivity contribution in [1.29, 1.82) is 0 Å². The fourth-order valence-electron chi connectivity index (χ4n) is 2.78. The molecular formula is C19H17N3O5S2. The summed E-state index contributed by atoms with van der Waals surface area (Å²) in [6.07, 6.45) is 4.56. The molecule has 2 aliphatic rings. The monoisotopic (exact) mass is 431 g/mol. The normalized spacial score (nSPS) is 17.2. The van der Waals surface area contributed by atoms with Crippen LogP contribution in [-0.4, -0.2) is 49.5 Å². The molecule has 0 radical (unpaired) electrons. The number of thiazole rings is 1. The minimum Gasteiger partial charge on any atom is -0.497 e. The lowest BCUT2D eigenvalue weighted by Gasteiger charge is -2.26. The van der Waals surface area contributed by atoms with Crippen LogP contribution in [0.5, 0.6) is 5.75 Å².